The van der Waals surface area contributed by atoms with E-state index in [9.17, 15) is 14.4 Å². The molecule has 1 aliphatic carbocycles. The molecule has 0 saturated heterocycles. The number of carbonyl (C=O) groups excluding carboxylic acids is 2. The quantitative estimate of drug-likeness (QED) is 0.702. The highest BCUT2D eigenvalue weighted by molar-refractivity contribution is 9.10. The summed E-state index contributed by atoms with van der Waals surface area (Å²) in [6, 6.07) is 3.02. The number of halogens is 1. The largest absolute Gasteiger partial charge is 0.462 e. The maximum absolute atomic E-state index is 12.5. The van der Waals surface area contributed by atoms with Crippen molar-refractivity contribution in [3.05, 3.63) is 49.2 Å². The summed E-state index contributed by atoms with van der Waals surface area (Å²) in [4.78, 5) is 38.1. The van der Waals surface area contributed by atoms with Crippen LogP contribution in [0.15, 0.2) is 27.6 Å². The molecule has 8 heteroatoms. The van der Waals surface area contributed by atoms with Gasteiger partial charge in [-0.15, -0.1) is 11.3 Å². The number of carbonyl (C=O) groups is 2. The second kappa shape index (κ2) is 8.39. The maximum atomic E-state index is 12.5. The van der Waals surface area contributed by atoms with E-state index in [1.54, 1.807) is 19.2 Å². The number of esters is 1. The molecule has 6 nitrogen and oxygen atoms in total. The normalized spacial score (nSPS) is 15.9. The Hall–Kier alpha value is -1.93. The molecule has 0 aromatic carbocycles. The average molecular weight is 453 g/mol. The number of pyridine rings is 1. The smallest absolute Gasteiger partial charge is 0.341 e. The lowest BCUT2D eigenvalue weighted by molar-refractivity contribution is -0.116. The van der Waals surface area contributed by atoms with Gasteiger partial charge in [0.25, 0.3) is 5.56 Å². The fourth-order valence-corrected chi connectivity index (χ4v) is 5.00. The molecule has 0 bridgehead atoms. The van der Waals surface area contributed by atoms with Gasteiger partial charge in [-0.3, -0.25) is 9.59 Å². The van der Waals surface area contributed by atoms with Gasteiger partial charge in [-0.1, -0.05) is 6.92 Å². The number of nitrogens with zero attached hydrogens (tertiary/aromatic N) is 1. The van der Waals surface area contributed by atoms with Crippen molar-refractivity contribution >= 4 is 44.1 Å². The van der Waals surface area contributed by atoms with E-state index in [0.717, 1.165) is 29.7 Å². The van der Waals surface area contributed by atoms with Crippen molar-refractivity contribution in [1.29, 1.82) is 0 Å². The Bertz CT molecular complexity index is 934. The van der Waals surface area contributed by atoms with Crippen molar-refractivity contribution in [3.63, 3.8) is 0 Å². The van der Waals surface area contributed by atoms with Gasteiger partial charge in [0.05, 0.1) is 12.2 Å². The van der Waals surface area contributed by atoms with Crippen molar-refractivity contribution in [2.75, 3.05) is 11.9 Å². The lowest BCUT2D eigenvalue weighted by Crippen LogP contribution is -2.27. The number of hydrogen-bond donors (Lipinski definition) is 1. The van der Waals surface area contributed by atoms with Crippen LogP contribution in [-0.4, -0.2) is 23.1 Å². The van der Waals surface area contributed by atoms with Gasteiger partial charge in [0.15, 0.2) is 0 Å². The summed E-state index contributed by atoms with van der Waals surface area (Å²) in [5, 5.41) is 3.34. The molecule has 3 rings (SSSR count). The second-order valence-corrected chi connectivity index (χ2v) is 8.66. The lowest BCUT2D eigenvalue weighted by atomic mass is 9.88. The molecule has 1 unspecified atom stereocenters. The van der Waals surface area contributed by atoms with Gasteiger partial charge in [0.2, 0.25) is 5.91 Å². The molecule has 2 aromatic heterocycles. The first-order valence-corrected chi connectivity index (χ1v) is 10.5. The number of thiophene rings is 1. The molecule has 0 aliphatic heterocycles. The first kappa shape index (κ1) is 19.8. The molecule has 2 aromatic rings. The molecule has 0 spiro atoms. The van der Waals surface area contributed by atoms with E-state index in [0.29, 0.717) is 21.0 Å². The highest BCUT2D eigenvalue weighted by Gasteiger charge is 2.29. The van der Waals surface area contributed by atoms with Crippen LogP contribution >= 0.6 is 27.3 Å². The molecule has 2 heterocycles. The number of amides is 1. The fraction of sp³-hybridized carbons (Fsp3) is 0.421. The zero-order valence-electron chi connectivity index (χ0n) is 15.2. The number of rotatable bonds is 5. The third kappa shape index (κ3) is 4.50. The van der Waals surface area contributed by atoms with Crippen LogP contribution in [0.4, 0.5) is 5.00 Å². The number of nitrogens with one attached hydrogen (secondary N) is 1. The number of hydrogen-bond acceptors (Lipinski definition) is 5. The average Bonchev–Trinajstić information content (AvgIpc) is 2.95. The van der Waals surface area contributed by atoms with Crippen LogP contribution in [0.25, 0.3) is 0 Å². The number of anilines is 1. The van der Waals surface area contributed by atoms with Crippen LogP contribution in [0.3, 0.4) is 0 Å². The second-order valence-electron chi connectivity index (χ2n) is 6.64. The molecule has 144 valence electrons. The van der Waals surface area contributed by atoms with Crippen LogP contribution in [-0.2, 0) is 28.9 Å². The third-order valence-corrected chi connectivity index (χ3v) is 6.14. The van der Waals surface area contributed by atoms with Crippen molar-refractivity contribution in [2.24, 2.45) is 5.92 Å². The number of aromatic nitrogens is 1. The summed E-state index contributed by atoms with van der Waals surface area (Å²) in [6.45, 7) is 4.10. The zero-order valence-corrected chi connectivity index (χ0v) is 17.6. The van der Waals surface area contributed by atoms with Gasteiger partial charge in [-0.05, 0) is 59.7 Å². The molecule has 1 atom stereocenters. The van der Waals surface area contributed by atoms with E-state index in [4.69, 9.17) is 4.74 Å². The summed E-state index contributed by atoms with van der Waals surface area (Å²) in [5.74, 6) is -0.207. The molecule has 0 saturated carbocycles. The Kier molecular flexibility index (Phi) is 6.16. The monoisotopic (exact) mass is 452 g/mol. The summed E-state index contributed by atoms with van der Waals surface area (Å²) in [5.41, 5.74) is 1.20. The van der Waals surface area contributed by atoms with Crippen LogP contribution < -0.4 is 10.9 Å². The van der Waals surface area contributed by atoms with E-state index < -0.39 is 5.97 Å². The van der Waals surface area contributed by atoms with Crippen LogP contribution in [0.5, 0.6) is 0 Å². The van der Waals surface area contributed by atoms with Gasteiger partial charge in [0.1, 0.15) is 11.5 Å². The van der Waals surface area contributed by atoms with Crippen LogP contribution in [0.1, 0.15) is 41.1 Å². The topological polar surface area (TPSA) is 77.4 Å². The predicted molar refractivity (Wildman–Crippen MR) is 108 cm³/mol. The van der Waals surface area contributed by atoms with Crippen molar-refractivity contribution in [1.82, 2.24) is 4.57 Å². The first-order valence-electron chi connectivity index (χ1n) is 8.86. The third-order valence-electron chi connectivity index (χ3n) is 4.51. The van der Waals surface area contributed by atoms with Gasteiger partial charge in [-0.2, -0.15) is 0 Å². The minimum atomic E-state index is -0.403. The van der Waals surface area contributed by atoms with Crippen LogP contribution in [0, 0.1) is 5.92 Å². The minimum Gasteiger partial charge on any atom is -0.462 e. The molecule has 0 radical (unpaired) electrons. The van der Waals surface area contributed by atoms with E-state index in [2.05, 4.69) is 28.2 Å². The molecule has 1 N–H and O–H groups in total. The van der Waals surface area contributed by atoms with E-state index in [1.165, 1.54) is 22.0 Å². The fourth-order valence-electron chi connectivity index (χ4n) is 3.20. The summed E-state index contributed by atoms with van der Waals surface area (Å²) >= 11 is 4.73. The van der Waals surface area contributed by atoms with Gasteiger partial charge >= 0.3 is 5.97 Å². The lowest BCUT2D eigenvalue weighted by Gasteiger charge is -2.18. The molecule has 27 heavy (non-hydrogen) atoms. The standard InChI is InChI=1S/C19H21BrN2O4S/c1-3-26-19(25)17-13-6-4-11(2)8-14(13)27-18(17)21-15(23)10-22-9-12(20)5-7-16(22)24/h5,7,9,11H,3-4,6,8,10H2,1-2H3,(H,21,23). The highest BCUT2D eigenvalue weighted by Crippen LogP contribution is 2.40. The Balaban J connectivity index is 1.87. The molecular weight excluding hydrogens is 432 g/mol. The molecule has 0 fully saturated rings. The maximum Gasteiger partial charge on any atom is 0.341 e. The highest BCUT2D eigenvalue weighted by atomic mass is 79.9. The first-order chi connectivity index (χ1) is 12.9. The Morgan fingerprint density at radius 2 is 2.19 bits per heavy atom. The van der Waals surface area contributed by atoms with Crippen LogP contribution in [0.2, 0.25) is 0 Å². The van der Waals surface area contributed by atoms with E-state index in [-0.39, 0.29) is 24.6 Å². The molecule has 1 amide bonds. The molecular formula is C19H21BrN2O4S. The van der Waals surface area contributed by atoms with Gasteiger partial charge in [-0.25, -0.2) is 4.79 Å². The predicted octanol–water partition coefficient (Wildman–Crippen LogP) is 3.61. The summed E-state index contributed by atoms with van der Waals surface area (Å²) < 4.78 is 7.24. The number of fused-ring (bicyclic) bond motifs is 1. The van der Waals surface area contributed by atoms with Crippen molar-refractivity contribution < 1.29 is 14.3 Å². The van der Waals surface area contributed by atoms with E-state index >= 15 is 0 Å². The minimum absolute atomic E-state index is 0.125. The summed E-state index contributed by atoms with van der Waals surface area (Å²) in [7, 11) is 0. The van der Waals surface area contributed by atoms with E-state index in [1.807, 2.05) is 0 Å². The SMILES string of the molecule is CCOC(=O)c1c(NC(=O)Cn2cc(Br)ccc2=O)sc2c1CCC(C)C2. The molecule has 1 aliphatic rings. The van der Waals surface area contributed by atoms with Gasteiger partial charge in [0, 0.05) is 21.6 Å². The Morgan fingerprint density at radius 3 is 2.93 bits per heavy atom. The van der Waals surface area contributed by atoms with Crippen molar-refractivity contribution in [3.8, 4) is 0 Å². The van der Waals surface area contributed by atoms with Crippen molar-refractivity contribution in [2.45, 2.75) is 39.7 Å². The van der Waals surface area contributed by atoms with Gasteiger partial charge < -0.3 is 14.6 Å². The Labute approximate surface area is 169 Å². The Morgan fingerprint density at radius 1 is 1.41 bits per heavy atom. The number of ether oxygens (including phenoxy) is 1. The summed E-state index contributed by atoms with van der Waals surface area (Å²) in [6.07, 6.45) is 4.28. The zero-order chi connectivity index (χ0) is 19.6.